The SMILES string of the molecule is O=C(NCCc1ccccc1)C1CCC2(CCN(CC3CC3)CC2)O1.O=C(O)C(F)(F)F. The van der Waals surface area contributed by atoms with E-state index in [1.807, 2.05) is 18.2 Å². The predicted molar refractivity (Wildman–Crippen MR) is 112 cm³/mol. The van der Waals surface area contributed by atoms with Crippen LogP contribution in [0.3, 0.4) is 0 Å². The number of hydrogen-bond donors (Lipinski definition) is 2. The third kappa shape index (κ3) is 7.48. The second-order valence-electron chi connectivity index (χ2n) is 8.90. The number of ether oxygens (including phenoxy) is 1. The molecule has 1 atom stereocenters. The fraction of sp³-hybridized carbons (Fsp3) is 0.652. The van der Waals surface area contributed by atoms with Crippen LogP contribution in [0.25, 0.3) is 0 Å². The Morgan fingerprint density at radius 2 is 1.72 bits per heavy atom. The molecule has 0 radical (unpaired) electrons. The number of likely N-dealkylation sites (tertiary alicyclic amines) is 1. The summed E-state index contributed by atoms with van der Waals surface area (Å²) in [6, 6.07) is 10.3. The third-order valence-electron chi connectivity index (χ3n) is 6.33. The number of aliphatic carboxylic acids is 1. The van der Waals surface area contributed by atoms with Crippen LogP contribution in [0.2, 0.25) is 0 Å². The van der Waals surface area contributed by atoms with E-state index in [0.717, 1.165) is 51.1 Å². The Morgan fingerprint density at radius 1 is 1.09 bits per heavy atom. The fourth-order valence-corrected chi connectivity index (χ4v) is 4.26. The van der Waals surface area contributed by atoms with Crippen LogP contribution >= 0.6 is 0 Å². The standard InChI is InChI=1S/C21H30N2O2.C2HF3O2/c24-20(22-13-9-17-4-2-1-3-5-17)19-8-10-21(25-19)11-14-23(15-12-21)16-18-6-7-18;3-2(4,5)1(6)7/h1-5,18-19H,6-16H2,(H,22,24);(H,6,7). The van der Waals surface area contributed by atoms with Gasteiger partial charge in [-0.25, -0.2) is 4.79 Å². The first-order valence-electron chi connectivity index (χ1n) is 11.2. The minimum absolute atomic E-state index is 0.0263. The Kier molecular flexibility index (Phi) is 8.16. The predicted octanol–water partition coefficient (Wildman–Crippen LogP) is 3.40. The van der Waals surface area contributed by atoms with Crippen LogP contribution in [0.5, 0.6) is 0 Å². The lowest BCUT2D eigenvalue weighted by atomic mass is 9.88. The summed E-state index contributed by atoms with van der Waals surface area (Å²) in [7, 11) is 0. The lowest BCUT2D eigenvalue weighted by molar-refractivity contribution is -0.192. The molecule has 1 aliphatic carbocycles. The molecule has 6 nitrogen and oxygen atoms in total. The van der Waals surface area contributed by atoms with Crippen molar-refractivity contribution in [3.63, 3.8) is 0 Å². The summed E-state index contributed by atoms with van der Waals surface area (Å²) >= 11 is 0. The van der Waals surface area contributed by atoms with E-state index in [2.05, 4.69) is 22.3 Å². The lowest BCUT2D eigenvalue weighted by Gasteiger charge is -2.39. The minimum atomic E-state index is -5.08. The molecule has 1 spiro atoms. The topological polar surface area (TPSA) is 78.9 Å². The first-order chi connectivity index (χ1) is 15.2. The molecule has 1 amide bonds. The van der Waals surface area contributed by atoms with Crippen molar-refractivity contribution in [3.05, 3.63) is 35.9 Å². The second kappa shape index (κ2) is 10.7. The van der Waals surface area contributed by atoms with Crippen LogP contribution in [0.4, 0.5) is 13.2 Å². The van der Waals surface area contributed by atoms with E-state index in [4.69, 9.17) is 14.6 Å². The van der Waals surface area contributed by atoms with Crippen molar-refractivity contribution in [2.24, 2.45) is 5.92 Å². The van der Waals surface area contributed by atoms with Gasteiger partial charge in [-0.3, -0.25) is 4.79 Å². The number of carboxylic acids is 1. The molecule has 4 rings (SSSR count). The van der Waals surface area contributed by atoms with Crippen LogP contribution in [-0.2, 0) is 20.7 Å². The van der Waals surface area contributed by atoms with Gasteiger partial charge in [0.25, 0.3) is 0 Å². The van der Waals surface area contributed by atoms with Crippen LogP contribution in [0.15, 0.2) is 30.3 Å². The smallest absolute Gasteiger partial charge is 0.475 e. The number of carbonyl (C=O) groups is 2. The number of nitrogens with one attached hydrogen (secondary N) is 1. The zero-order chi connectivity index (χ0) is 23.2. The molecular weight excluding hydrogens is 425 g/mol. The van der Waals surface area contributed by atoms with Crippen molar-refractivity contribution in [2.45, 2.75) is 62.8 Å². The van der Waals surface area contributed by atoms with Gasteiger partial charge in [0.1, 0.15) is 6.10 Å². The molecule has 1 saturated carbocycles. The Balaban J connectivity index is 0.000000360. The van der Waals surface area contributed by atoms with Crippen molar-refractivity contribution < 1.29 is 32.6 Å². The monoisotopic (exact) mass is 456 g/mol. The number of nitrogens with zero attached hydrogens (tertiary/aromatic N) is 1. The summed E-state index contributed by atoms with van der Waals surface area (Å²) in [4.78, 5) is 23.9. The lowest BCUT2D eigenvalue weighted by Crippen LogP contribution is -2.46. The Labute approximate surface area is 186 Å². The zero-order valence-corrected chi connectivity index (χ0v) is 18.1. The van der Waals surface area contributed by atoms with E-state index in [9.17, 15) is 18.0 Å². The van der Waals surface area contributed by atoms with Crippen LogP contribution < -0.4 is 5.32 Å². The largest absolute Gasteiger partial charge is 0.490 e. The van der Waals surface area contributed by atoms with Crippen molar-refractivity contribution in [1.82, 2.24) is 10.2 Å². The van der Waals surface area contributed by atoms with E-state index in [-0.39, 0.29) is 17.6 Å². The van der Waals surface area contributed by atoms with E-state index >= 15 is 0 Å². The summed E-state index contributed by atoms with van der Waals surface area (Å²) in [5.41, 5.74) is 1.23. The molecule has 3 aliphatic rings. The molecule has 178 valence electrons. The maximum absolute atomic E-state index is 12.4. The molecule has 2 N–H and O–H groups in total. The number of amides is 1. The molecular formula is C23H31F3N2O4. The van der Waals surface area contributed by atoms with E-state index in [0.29, 0.717) is 6.54 Å². The molecule has 1 aromatic rings. The highest BCUT2D eigenvalue weighted by Gasteiger charge is 2.45. The first-order valence-corrected chi connectivity index (χ1v) is 11.2. The minimum Gasteiger partial charge on any atom is -0.475 e. The van der Waals surface area contributed by atoms with Crippen molar-refractivity contribution >= 4 is 11.9 Å². The van der Waals surface area contributed by atoms with Gasteiger partial charge < -0.3 is 20.1 Å². The molecule has 1 aromatic carbocycles. The van der Waals surface area contributed by atoms with Gasteiger partial charge >= 0.3 is 12.1 Å². The van der Waals surface area contributed by atoms with E-state index < -0.39 is 12.1 Å². The summed E-state index contributed by atoms with van der Waals surface area (Å²) < 4.78 is 38.0. The average Bonchev–Trinajstić information content (AvgIpc) is 3.48. The molecule has 0 aromatic heterocycles. The van der Waals surface area contributed by atoms with Gasteiger partial charge in [-0.2, -0.15) is 13.2 Å². The summed E-state index contributed by atoms with van der Waals surface area (Å²) in [6.45, 7) is 4.24. The summed E-state index contributed by atoms with van der Waals surface area (Å²) in [5, 5.41) is 10.2. The number of hydrogen-bond acceptors (Lipinski definition) is 4. The average molecular weight is 457 g/mol. The highest BCUT2D eigenvalue weighted by atomic mass is 19.4. The van der Waals surface area contributed by atoms with E-state index in [1.165, 1.54) is 24.9 Å². The molecule has 2 heterocycles. The number of rotatable bonds is 6. The molecule has 0 bridgehead atoms. The van der Waals surface area contributed by atoms with Crippen LogP contribution in [0, 0.1) is 5.92 Å². The normalized spacial score (nSPS) is 22.8. The summed E-state index contributed by atoms with van der Waals surface area (Å²) in [6.07, 6.45) is 2.49. The number of piperidine rings is 1. The van der Waals surface area contributed by atoms with Gasteiger partial charge in [0.15, 0.2) is 0 Å². The highest BCUT2D eigenvalue weighted by Crippen LogP contribution is 2.40. The second-order valence-corrected chi connectivity index (χ2v) is 8.90. The van der Waals surface area contributed by atoms with E-state index in [1.54, 1.807) is 0 Å². The Morgan fingerprint density at radius 3 is 2.28 bits per heavy atom. The first kappa shape index (κ1) is 24.5. The number of halogens is 3. The van der Waals surface area contributed by atoms with Gasteiger partial charge in [-0.1, -0.05) is 30.3 Å². The molecule has 9 heteroatoms. The van der Waals surface area contributed by atoms with Gasteiger partial charge in [-0.05, 0) is 56.4 Å². The Bertz CT molecular complexity index is 760. The number of benzene rings is 1. The molecule has 1 unspecified atom stereocenters. The number of carboxylic acid groups (broad SMARTS) is 1. The molecule has 2 saturated heterocycles. The van der Waals surface area contributed by atoms with Gasteiger partial charge in [0.2, 0.25) is 5.91 Å². The summed E-state index contributed by atoms with van der Waals surface area (Å²) in [5.74, 6) is -1.72. The zero-order valence-electron chi connectivity index (χ0n) is 18.1. The van der Waals surface area contributed by atoms with Crippen molar-refractivity contribution in [2.75, 3.05) is 26.2 Å². The third-order valence-corrected chi connectivity index (χ3v) is 6.33. The van der Waals surface area contributed by atoms with Crippen molar-refractivity contribution in [1.29, 1.82) is 0 Å². The fourth-order valence-electron chi connectivity index (χ4n) is 4.26. The van der Waals surface area contributed by atoms with Gasteiger partial charge in [-0.15, -0.1) is 0 Å². The molecule has 2 aliphatic heterocycles. The van der Waals surface area contributed by atoms with Crippen LogP contribution in [0.1, 0.15) is 44.1 Å². The Hall–Kier alpha value is -2.13. The maximum Gasteiger partial charge on any atom is 0.490 e. The quantitative estimate of drug-likeness (QED) is 0.686. The number of alkyl halides is 3. The van der Waals surface area contributed by atoms with Crippen LogP contribution in [-0.4, -0.2) is 65.9 Å². The molecule has 3 fully saturated rings. The highest BCUT2D eigenvalue weighted by molar-refractivity contribution is 5.81. The number of carbonyl (C=O) groups excluding carboxylic acids is 1. The van der Waals surface area contributed by atoms with Gasteiger partial charge in [0.05, 0.1) is 5.60 Å². The molecule has 32 heavy (non-hydrogen) atoms. The van der Waals surface area contributed by atoms with Crippen molar-refractivity contribution in [3.8, 4) is 0 Å². The van der Waals surface area contributed by atoms with Gasteiger partial charge in [0, 0.05) is 26.2 Å². The maximum atomic E-state index is 12.4.